The highest BCUT2D eigenvalue weighted by Gasteiger charge is 2.18. The van der Waals surface area contributed by atoms with E-state index >= 15 is 0 Å². The average molecular weight is 214 g/mol. The topological polar surface area (TPSA) is 51.7 Å². The summed E-state index contributed by atoms with van der Waals surface area (Å²) in [5, 5.41) is 0.887. The maximum atomic E-state index is 13.3. The smallest absolute Gasteiger partial charge is 0.298 e. The molecule has 0 saturated heterocycles. The van der Waals surface area contributed by atoms with Gasteiger partial charge in [-0.2, -0.15) is 0 Å². The molecule has 0 atom stereocenters. The van der Waals surface area contributed by atoms with Crippen LogP contribution in [0.15, 0.2) is 12.3 Å². The number of rotatable bonds is 3. The third-order valence-corrected chi connectivity index (χ3v) is 1.81. The molecule has 0 aliphatic rings. The first kappa shape index (κ1) is 11.4. The molecule has 0 saturated carbocycles. The number of hydrogen-bond acceptors (Lipinski definition) is 4. The normalized spacial score (nSPS) is 9.87. The van der Waals surface area contributed by atoms with Crippen LogP contribution in [-0.4, -0.2) is 37.2 Å². The van der Waals surface area contributed by atoms with Crippen molar-refractivity contribution < 1.29 is 18.8 Å². The minimum Gasteiger partial charge on any atom is -0.495 e. The van der Waals surface area contributed by atoms with Crippen LogP contribution in [0.25, 0.3) is 0 Å². The van der Waals surface area contributed by atoms with Crippen molar-refractivity contribution in [2.24, 2.45) is 0 Å². The van der Waals surface area contributed by atoms with E-state index in [4.69, 9.17) is 4.74 Å². The van der Waals surface area contributed by atoms with Gasteiger partial charge in [-0.25, -0.2) is 14.4 Å². The van der Waals surface area contributed by atoms with Crippen LogP contribution in [0, 0.1) is 5.82 Å². The summed E-state index contributed by atoms with van der Waals surface area (Å²) in [5.41, 5.74) is -0.305. The molecule has 0 fully saturated rings. The Morgan fingerprint density at radius 2 is 2.20 bits per heavy atom. The molecule has 0 aliphatic heterocycles. The summed E-state index contributed by atoms with van der Waals surface area (Å²) in [6.45, 7) is 0. The number of hydrogen-bond donors (Lipinski definition) is 0. The standard InChI is InChI=1S/C9H11FN2O3/c1-12(15-3)9(13)8-7(10)4-6(14-2)5-11-8/h4-5H,1-3H3. The fourth-order valence-corrected chi connectivity index (χ4v) is 0.921. The van der Waals surface area contributed by atoms with Crippen LogP contribution in [0.3, 0.4) is 0 Å². The molecule has 0 N–H and O–H groups in total. The molecule has 82 valence electrons. The van der Waals surface area contributed by atoms with Crippen LogP contribution in [-0.2, 0) is 4.84 Å². The number of methoxy groups -OCH3 is 1. The number of amides is 1. The van der Waals surface area contributed by atoms with E-state index in [-0.39, 0.29) is 11.4 Å². The van der Waals surface area contributed by atoms with E-state index in [9.17, 15) is 9.18 Å². The van der Waals surface area contributed by atoms with Crippen molar-refractivity contribution in [1.29, 1.82) is 0 Å². The van der Waals surface area contributed by atoms with Crippen molar-refractivity contribution in [3.63, 3.8) is 0 Å². The average Bonchev–Trinajstić information content (AvgIpc) is 2.26. The zero-order chi connectivity index (χ0) is 11.4. The number of pyridine rings is 1. The minimum absolute atomic E-state index is 0.254. The SMILES string of the molecule is COc1cnc(C(=O)N(C)OC)c(F)c1. The van der Waals surface area contributed by atoms with E-state index in [0.717, 1.165) is 11.1 Å². The summed E-state index contributed by atoms with van der Waals surface area (Å²) < 4.78 is 18.1. The Bertz CT molecular complexity index is 370. The van der Waals surface area contributed by atoms with Crippen molar-refractivity contribution in [3.8, 4) is 5.75 Å². The van der Waals surface area contributed by atoms with E-state index in [1.54, 1.807) is 0 Å². The second-order valence-electron chi connectivity index (χ2n) is 2.69. The van der Waals surface area contributed by atoms with Gasteiger partial charge >= 0.3 is 0 Å². The monoisotopic (exact) mass is 214 g/mol. The van der Waals surface area contributed by atoms with Gasteiger partial charge < -0.3 is 4.74 Å². The first-order chi connectivity index (χ1) is 7.10. The largest absolute Gasteiger partial charge is 0.495 e. The number of nitrogens with zero attached hydrogens (tertiary/aromatic N) is 2. The lowest BCUT2D eigenvalue weighted by atomic mass is 10.3. The predicted octanol–water partition coefficient (Wildman–Crippen LogP) is 0.863. The Kier molecular flexibility index (Phi) is 3.56. The van der Waals surface area contributed by atoms with Gasteiger partial charge in [0.15, 0.2) is 11.5 Å². The number of hydroxylamine groups is 2. The van der Waals surface area contributed by atoms with Gasteiger partial charge in [0.25, 0.3) is 5.91 Å². The third kappa shape index (κ3) is 2.41. The second-order valence-corrected chi connectivity index (χ2v) is 2.69. The zero-order valence-corrected chi connectivity index (χ0v) is 8.65. The zero-order valence-electron chi connectivity index (χ0n) is 8.65. The lowest BCUT2D eigenvalue weighted by Crippen LogP contribution is -2.27. The van der Waals surface area contributed by atoms with Crippen molar-refractivity contribution in [2.75, 3.05) is 21.3 Å². The third-order valence-electron chi connectivity index (χ3n) is 1.81. The first-order valence-corrected chi connectivity index (χ1v) is 4.11. The molecule has 1 heterocycles. The molecule has 0 spiro atoms. The Morgan fingerprint density at radius 1 is 1.53 bits per heavy atom. The number of carbonyl (C=O) groups is 1. The highest BCUT2D eigenvalue weighted by Crippen LogP contribution is 2.14. The van der Waals surface area contributed by atoms with Gasteiger partial charge in [0, 0.05) is 13.1 Å². The first-order valence-electron chi connectivity index (χ1n) is 4.11. The van der Waals surface area contributed by atoms with Crippen LogP contribution in [0.5, 0.6) is 5.75 Å². The Hall–Kier alpha value is -1.69. The van der Waals surface area contributed by atoms with Gasteiger partial charge in [0.05, 0.1) is 20.4 Å². The maximum absolute atomic E-state index is 13.3. The summed E-state index contributed by atoms with van der Waals surface area (Å²) >= 11 is 0. The quantitative estimate of drug-likeness (QED) is 0.700. The Morgan fingerprint density at radius 3 is 2.67 bits per heavy atom. The highest BCUT2D eigenvalue weighted by molar-refractivity contribution is 5.91. The van der Waals surface area contributed by atoms with Gasteiger partial charge in [-0.15, -0.1) is 0 Å². The van der Waals surface area contributed by atoms with Crippen LogP contribution < -0.4 is 4.74 Å². The molecule has 1 aromatic heterocycles. The molecule has 1 rings (SSSR count). The van der Waals surface area contributed by atoms with E-state index < -0.39 is 11.7 Å². The Labute approximate surface area is 86.4 Å². The minimum atomic E-state index is -0.747. The van der Waals surface area contributed by atoms with E-state index in [0.29, 0.717) is 0 Å². The number of halogens is 1. The maximum Gasteiger partial charge on any atom is 0.298 e. The lowest BCUT2D eigenvalue weighted by molar-refractivity contribution is -0.0763. The second kappa shape index (κ2) is 4.70. The molecular weight excluding hydrogens is 203 g/mol. The van der Waals surface area contributed by atoms with E-state index in [1.807, 2.05) is 0 Å². The molecule has 5 nitrogen and oxygen atoms in total. The number of carbonyl (C=O) groups excluding carboxylic acids is 1. The molecule has 0 unspecified atom stereocenters. The fraction of sp³-hybridized carbons (Fsp3) is 0.333. The lowest BCUT2D eigenvalue weighted by Gasteiger charge is -2.13. The van der Waals surface area contributed by atoms with Gasteiger partial charge in [-0.05, 0) is 0 Å². The summed E-state index contributed by atoms with van der Waals surface area (Å²) in [6.07, 6.45) is 1.26. The summed E-state index contributed by atoms with van der Waals surface area (Å²) in [6, 6.07) is 1.09. The summed E-state index contributed by atoms with van der Waals surface area (Å²) in [5.74, 6) is -1.15. The van der Waals surface area contributed by atoms with Gasteiger partial charge in [-0.3, -0.25) is 9.63 Å². The Balaban J connectivity index is 3.00. The van der Waals surface area contributed by atoms with Crippen molar-refractivity contribution in [2.45, 2.75) is 0 Å². The molecule has 1 aromatic rings. The molecule has 6 heteroatoms. The van der Waals surface area contributed by atoms with E-state index in [2.05, 4.69) is 9.82 Å². The molecule has 0 bridgehead atoms. The fourth-order valence-electron chi connectivity index (χ4n) is 0.921. The van der Waals surface area contributed by atoms with Crippen molar-refractivity contribution >= 4 is 5.91 Å². The number of aromatic nitrogens is 1. The van der Waals surface area contributed by atoms with Crippen molar-refractivity contribution in [3.05, 3.63) is 23.8 Å². The van der Waals surface area contributed by atoms with Crippen LogP contribution >= 0.6 is 0 Å². The van der Waals surface area contributed by atoms with Gasteiger partial charge in [-0.1, -0.05) is 0 Å². The van der Waals surface area contributed by atoms with Crippen LogP contribution in [0.4, 0.5) is 4.39 Å². The van der Waals surface area contributed by atoms with Gasteiger partial charge in [0.1, 0.15) is 5.75 Å². The van der Waals surface area contributed by atoms with Crippen LogP contribution in [0.2, 0.25) is 0 Å². The van der Waals surface area contributed by atoms with Crippen molar-refractivity contribution in [1.82, 2.24) is 10.0 Å². The molecule has 0 aromatic carbocycles. The van der Waals surface area contributed by atoms with Crippen LogP contribution in [0.1, 0.15) is 10.5 Å². The summed E-state index contributed by atoms with van der Waals surface area (Å²) in [7, 11) is 4.06. The molecule has 15 heavy (non-hydrogen) atoms. The number of ether oxygens (including phenoxy) is 1. The van der Waals surface area contributed by atoms with Gasteiger partial charge in [0.2, 0.25) is 0 Å². The summed E-state index contributed by atoms with van der Waals surface area (Å²) in [4.78, 5) is 19.7. The molecular formula is C9H11FN2O3. The molecule has 0 radical (unpaired) electrons. The molecule has 1 amide bonds. The van der Waals surface area contributed by atoms with E-state index in [1.165, 1.54) is 27.5 Å². The molecule has 0 aliphatic carbocycles. The highest BCUT2D eigenvalue weighted by atomic mass is 19.1. The predicted molar refractivity (Wildman–Crippen MR) is 49.8 cm³/mol.